The smallest absolute Gasteiger partial charge is 0.142 e. The van der Waals surface area contributed by atoms with E-state index in [0.717, 1.165) is 12.8 Å². The van der Waals surface area contributed by atoms with Crippen LogP contribution in [0, 0.1) is 5.92 Å². The first-order valence-electron chi connectivity index (χ1n) is 5.40. The van der Waals surface area contributed by atoms with Crippen LogP contribution in [0.15, 0.2) is 11.6 Å². The molecule has 0 radical (unpaired) electrons. The third kappa shape index (κ3) is 3.44. The van der Waals surface area contributed by atoms with Gasteiger partial charge in [0.25, 0.3) is 0 Å². The first kappa shape index (κ1) is 13.0. The summed E-state index contributed by atoms with van der Waals surface area (Å²) in [5.41, 5.74) is 0.985. The van der Waals surface area contributed by atoms with Crippen LogP contribution in [0.2, 0.25) is 0 Å². The Kier molecular flexibility index (Phi) is 3.80. The fourth-order valence-corrected chi connectivity index (χ4v) is 3.80. The highest BCUT2D eigenvalue weighted by molar-refractivity contribution is 7.60. The van der Waals surface area contributed by atoms with Gasteiger partial charge in [-0.15, -0.1) is 0 Å². The van der Waals surface area contributed by atoms with E-state index in [1.165, 1.54) is 5.57 Å². The minimum atomic E-state index is -2.28. The van der Waals surface area contributed by atoms with E-state index in [1.807, 2.05) is 6.92 Å². The van der Waals surface area contributed by atoms with Gasteiger partial charge in [-0.2, -0.15) is 0 Å². The van der Waals surface area contributed by atoms with Crippen molar-refractivity contribution in [2.75, 3.05) is 19.9 Å². The average Bonchev–Trinajstić information content (AvgIpc) is 1.99. The number of aliphatic hydroxyl groups is 1. The summed E-state index contributed by atoms with van der Waals surface area (Å²) in [5, 5.41) is 12.5. The van der Waals surface area contributed by atoms with E-state index in [9.17, 15) is 9.67 Å². The number of hydrogen-bond donors (Lipinski definition) is 2. The molecule has 0 aromatic heterocycles. The van der Waals surface area contributed by atoms with E-state index in [2.05, 4.69) is 18.1 Å². The Balaban J connectivity index is 2.94. The lowest BCUT2D eigenvalue weighted by atomic mass is 9.77. The molecule has 0 aromatic carbocycles. The van der Waals surface area contributed by atoms with Crippen LogP contribution >= 0.6 is 7.29 Å². The van der Waals surface area contributed by atoms with Crippen molar-refractivity contribution in [3.8, 4) is 0 Å². The quantitative estimate of drug-likeness (QED) is 0.578. The largest absolute Gasteiger partial charge is 0.396 e. The minimum absolute atomic E-state index is 0.146. The summed E-state index contributed by atoms with van der Waals surface area (Å²) in [4.78, 5) is 0. The molecule has 0 saturated carbocycles. The summed E-state index contributed by atoms with van der Waals surface area (Å²) in [7, 11) is -2.28. The summed E-state index contributed by atoms with van der Waals surface area (Å²) < 4.78 is 11.8. The van der Waals surface area contributed by atoms with Gasteiger partial charge < -0.3 is 9.67 Å². The fourth-order valence-electron chi connectivity index (χ4n) is 2.39. The normalized spacial score (nSPS) is 32.6. The van der Waals surface area contributed by atoms with E-state index in [4.69, 9.17) is 0 Å². The van der Waals surface area contributed by atoms with Gasteiger partial charge in [0.05, 0.1) is 0 Å². The molecule has 4 heteroatoms. The summed E-state index contributed by atoms with van der Waals surface area (Å²) in [5.74, 6) is 0.162. The van der Waals surface area contributed by atoms with Crippen molar-refractivity contribution < 1.29 is 9.67 Å². The van der Waals surface area contributed by atoms with Gasteiger partial charge in [-0.1, -0.05) is 11.6 Å². The van der Waals surface area contributed by atoms with Crippen molar-refractivity contribution >= 4 is 7.29 Å². The Morgan fingerprint density at radius 1 is 1.67 bits per heavy atom. The molecule has 0 amide bonds. The van der Waals surface area contributed by atoms with Gasteiger partial charge in [0.1, 0.15) is 7.29 Å². The fraction of sp³-hybridized carbons (Fsp3) is 0.818. The Labute approximate surface area is 92.4 Å². The zero-order valence-electron chi connectivity index (χ0n) is 10.1. The second-order valence-corrected chi connectivity index (χ2v) is 8.08. The Hall–Kier alpha value is -0.110. The van der Waals surface area contributed by atoms with E-state index in [0.29, 0.717) is 0 Å². The Morgan fingerprint density at radius 3 is 2.73 bits per heavy atom. The second-order valence-electron chi connectivity index (χ2n) is 5.15. The Bertz CT molecular complexity index is 308. The predicted molar refractivity (Wildman–Crippen MR) is 64.6 cm³/mol. The Morgan fingerprint density at radius 2 is 2.27 bits per heavy atom. The zero-order chi connectivity index (χ0) is 11.7. The molecule has 0 heterocycles. The van der Waals surface area contributed by atoms with Gasteiger partial charge in [0.2, 0.25) is 0 Å². The van der Waals surface area contributed by atoms with Crippen LogP contribution in [0.4, 0.5) is 0 Å². The third-order valence-corrected chi connectivity index (χ3v) is 4.03. The molecule has 15 heavy (non-hydrogen) atoms. The lowest BCUT2D eigenvalue weighted by Gasteiger charge is -2.40. The zero-order valence-corrected chi connectivity index (χ0v) is 11.0. The maximum atomic E-state index is 11.8. The maximum absolute atomic E-state index is 11.8. The van der Waals surface area contributed by atoms with E-state index < -0.39 is 7.29 Å². The summed E-state index contributed by atoms with van der Waals surface area (Å²) in [6.07, 6.45) is 4.11. The summed E-state index contributed by atoms with van der Waals surface area (Å²) in [6, 6.07) is 0. The first-order chi connectivity index (χ1) is 6.77. The van der Waals surface area contributed by atoms with Crippen LogP contribution in [-0.4, -0.2) is 30.6 Å². The second kappa shape index (κ2) is 4.40. The van der Waals surface area contributed by atoms with Crippen molar-refractivity contribution in [2.24, 2.45) is 5.92 Å². The number of hydrogen-bond acceptors (Lipinski definition) is 2. The van der Waals surface area contributed by atoms with Gasteiger partial charge in [0.15, 0.2) is 0 Å². The van der Waals surface area contributed by atoms with Gasteiger partial charge in [-0.05, 0) is 26.7 Å². The standard InChI is InChI=1S/C11H22NO2P/c1-9-5-6-10(8-13)11(2,7-9)12-15(3,4)14/h7,10,13H,5-6,8H2,1-4H3,(H,12,14)/t10-,11-/m0/s1. The van der Waals surface area contributed by atoms with Crippen molar-refractivity contribution in [3.05, 3.63) is 11.6 Å². The maximum Gasteiger partial charge on any atom is 0.142 e. The number of rotatable bonds is 3. The van der Waals surface area contributed by atoms with E-state index >= 15 is 0 Å². The van der Waals surface area contributed by atoms with Crippen LogP contribution in [0.1, 0.15) is 26.7 Å². The van der Waals surface area contributed by atoms with Crippen molar-refractivity contribution in [2.45, 2.75) is 32.2 Å². The molecular weight excluding hydrogens is 209 g/mol. The monoisotopic (exact) mass is 231 g/mol. The number of nitrogens with one attached hydrogen (secondary N) is 1. The van der Waals surface area contributed by atoms with Gasteiger partial charge in [-0.25, -0.2) is 0 Å². The van der Waals surface area contributed by atoms with Crippen molar-refractivity contribution in [3.63, 3.8) is 0 Å². The third-order valence-electron chi connectivity index (χ3n) is 3.01. The summed E-state index contributed by atoms with van der Waals surface area (Å²) in [6.45, 7) is 7.71. The average molecular weight is 231 g/mol. The van der Waals surface area contributed by atoms with Crippen LogP contribution < -0.4 is 5.09 Å². The van der Waals surface area contributed by atoms with Gasteiger partial charge >= 0.3 is 0 Å². The highest BCUT2D eigenvalue weighted by atomic mass is 31.2. The van der Waals surface area contributed by atoms with Gasteiger partial charge in [0, 0.05) is 31.4 Å². The molecule has 88 valence electrons. The van der Waals surface area contributed by atoms with Crippen molar-refractivity contribution in [1.29, 1.82) is 0 Å². The molecular formula is C11H22NO2P. The SMILES string of the molecule is CC1=C[C@](C)(NP(C)(C)=O)[C@H](CO)CC1. The topological polar surface area (TPSA) is 49.3 Å². The van der Waals surface area contributed by atoms with Crippen LogP contribution in [0.25, 0.3) is 0 Å². The molecule has 0 aliphatic heterocycles. The van der Waals surface area contributed by atoms with E-state index in [1.54, 1.807) is 13.3 Å². The highest BCUT2D eigenvalue weighted by Gasteiger charge is 2.36. The molecule has 3 nitrogen and oxygen atoms in total. The molecule has 1 aliphatic carbocycles. The lowest BCUT2D eigenvalue weighted by molar-refractivity contribution is 0.160. The highest BCUT2D eigenvalue weighted by Crippen LogP contribution is 2.40. The molecule has 0 unspecified atom stereocenters. The molecule has 2 atom stereocenters. The van der Waals surface area contributed by atoms with Crippen LogP contribution in [0.3, 0.4) is 0 Å². The predicted octanol–water partition coefficient (Wildman–Crippen LogP) is 2.22. The first-order valence-corrected chi connectivity index (χ1v) is 8.00. The van der Waals surface area contributed by atoms with E-state index in [-0.39, 0.29) is 18.1 Å². The lowest BCUT2D eigenvalue weighted by Crippen LogP contribution is -2.48. The minimum Gasteiger partial charge on any atom is -0.396 e. The molecule has 2 N–H and O–H groups in total. The molecule has 1 aliphatic rings. The molecule has 0 saturated heterocycles. The molecule has 0 spiro atoms. The summed E-state index contributed by atoms with van der Waals surface area (Å²) >= 11 is 0. The molecule has 0 aromatic rings. The van der Waals surface area contributed by atoms with Crippen molar-refractivity contribution in [1.82, 2.24) is 5.09 Å². The van der Waals surface area contributed by atoms with Crippen LogP contribution in [0.5, 0.6) is 0 Å². The number of allylic oxidation sites excluding steroid dienone is 1. The molecule has 0 bridgehead atoms. The molecule has 0 fully saturated rings. The molecule has 1 rings (SSSR count). The van der Waals surface area contributed by atoms with Gasteiger partial charge in [-0.3, -0.25) is 5.09 Å². The number of aliphatic hydroxyl groups excluding tert-OH is 1. The van der Waals surface area contributed by atoms with Crippen LogP contribution in [-0.2, 0) is 4.57 Å².